The van der Waals surface area contributed by atoms with Crippen molar-refractivity contribution in [2.45, 2.75) is 24.7 Å². The van der Waals surface area contributed by atoms with E-state index in [9.17, 15) is 22.8 Å². The fourth-order valence-corrected chi connectivity index (χ4v) is 5.52. The van der Waals surface area contributed by atoms with Crippen molar-refractivity contribution in [3.05, 3.63) is 120 Å². The van der Waals surface area contributed by atoms with Crippen molar-refractivity contribution >= 4 is 23.3 Å². The van der Waals surface area contributed by atoms with Crippen LogP contribution in [0.15, 0.2) is 103 Å². The molecule has 0 radical (unpaired) electrons. The van der Waals surface area contributed by atoms with Gasteiger partial charge in [-0.25, -0.2) is 4.79 Å². The molecule has 43 heavy (non-hydrogen) atoms. The molecule has 1 fully saturated rings. The maximum absolute atomic E-state index is 13.2. The average Bonchev–Trinajstić information content (AvgIpc) is 3.51. The van der Waals surface area contributed by atoms with Crippen molar-refractivity contribution in [3.8, 4) is 11.1 Å². The molecule has 1 aliphatic heterocycles. The number of anilines is 2. The Kier molecular flexibility index (Phi) is 8.82. The molecular weight excluding hydrogens is 555 g/mol. The number of methoxy groups -OCH3 is 1. The summed E-state index contributed by atoms with van der Waals surface area (Å²) in [7, 11) is 3.42. The van der Waals surface area contributed by atoms with E-state index in [1.54, 1.807) is 24.3 Å². The van der Waals surface area contributed by atoms with Crippen LogP contribution in [-0.4, -0.2) is 50.1 Å². The summed E-state index contributed by atoms with van der Waals surface area (Å²) in [6.07, 6.45) is -3.56. The number of nitrogens with zero attached hydrogens (tertiary/aromatic N) is 2. The number of alkyl halides is 3. The number of esters is 1. The second-order valence-corrected chi connectivity index (χ2v) is 10.5. The highest BCUT2D eigenvalue weighted by atomic mass is 19.4. The molecule has 0 aromatic heterocycles. The van der Waals surface area contributed by atoms with Gasteiger partial charge >= 0.3 is 12.1 Å². The van der Waals surface area contributed by atoms with Crippen LogP contribution in [0.1, 0.15) is 33.9 Å². The minimum absolute atomic E-state index is 0.173. The number of halogens is 3. The van der Waals surface area contributed by atoms with Gasteiger partial charge in [-0.3, -0.25) is 9.69 Å². The number of likely N-dealkylation sites (N-methyl/N-ethyl adjacent to an activating group) is 1. The van der Waals surface area contributed by atoms with Crippen molar-refractivity contribution in [3.63, 3.8) is 0 Å². The molecule has 2 atom stereocenters. The Morgan fingerprint density at radius 1 is 0.907 bits per heavy atom. The van der Waals surface area contributed by atoms with Gasteiger partial charge < -0.3 is 15.0 Å². The predicted octanol–water partition coefficient (Wildman–Crippen LogP) is 7.05. The van der Waals surface area contributed by atoms with Crippen LogP contribution >= 0.6 is 0 Å². The van der Waals surface area contributed by atoms with Gasteiger partial charge in [0.1, 0.15) is 6.04 Å². The molecule has 222 valence electrons. The Labute approximate surface area is 248 Å². The van der Waals surface area contributed by atoms with Gasteiger partial charge in [-0.2, -0.15) is 13.2 Å². The van der Waals surface area contributed by atoms with Gasteiger partial charge in [0.15, 0.2) is 0 Å². The standard InChI is InChI=1S/C34H32F3N3O3/c1-39(28-20-21-40(22-28)31(33(42)43-2)24-8-4-3-5-9-24)27-18-16-26(17-19-27)38-32(41)30-11-7-6-10-29(30)23-12-14-25(15-13-23)34(35,36)37/h3-19,28,31H,20-22H2,1-2H3,(H,38,41). The number of carbonyl (C=O) groups is 2. The second-order valence-electron chi connectivity index (χ2n) is 10.5. The van der Waals surface area contributed by atoms with Crippen molar-refractivity contribution in [1.29, 1.82) is 0 Å². The highest BCUT2D eigenvalue weighted by Gasteiger charge is 2.36. The lowest BCUT2D eigenvalue weighted by atomic mass is 9.98. The van der Waals surface area contributed by atoms with Gasteiger partial charge in [-0.05, 0) is 65.6 Å². The van der Waals surface area contributed by atoms with Gasteiger partial charge in [0.2, 0.25) is 0 Å². The summed E-state index contributed by atoms with van der Waals surface area (Å²) in [6, 6.07) is 28.4. The molecule has 0 aliphatic carbocycles. The third kappa shape index (κ3) is 6.73. The first-order chi connectivity index (χ1) is 20.7. The minimum atomic E-state index is -4.43. The highest BCUT2D eigenvalue weighted by molar-refractivity contribution is 6.08. The van der Waals surface area contributed by atoms with E-state index in [1.165, 1.54) is 19.2 Å². The number of ether oxygens (including phenoxy) is 1. The molecule has 0 saturated carbocycles. The SMILES string of the molecule is COC(=O)C(c1ccccc1)N1CCC(N(C)c2ccc(NC(=O)c3ccccc3-c3ccc(C(F)(F)F)cc3)cc2)C1. The summed E-state index contributed by atoms with van der Waals surface area (Å²) < 4.78 is 44.1. The molecule has 9 heteroatoms. The third-order valence-corrected chi connectivity index (χ3v) is 7.87. The number of likely N-dealkylation sites (tertiary alicyclic amines) is 1. The molecule has 4 aromatic rings. The highest BCUT2D eigenvalue weighted by Crippen LogP contribution is 2.33. The minimum Gasteiger partial charge on any atom is -0.468 e. The van der Waals surface area contributed by atoms with Crippen molar-refractivity contribution in [2.24, 2.45) is 0 Å². The van der Waals surface area contributed by atoms with E-state index in [1.807, 2.05) is 61.6 Å². The molecule has 0 spiro atoms. The van der Waals surface area contributed by atoms with Crippen LogP contribution in [0.4, 0.5) is 24.5 Å². The fraction of sp³-hybridized carbons (Fsp3) is 0.235. The van der Waals surface area contributed by atoms with Crippen LogP contribution in [0.2, 0.25) is 0 Å². The lowest BCUT2D eigenvalue weighted by Gasteiger charge is -2.29. The lowest BCUT2D eigenvalue weighted by molar-refractivity contribution is -0.147. The van der Waals surface area contributed by atoms with E-state index in [4.69, 9.17) is 4.74 Å². The van der Waals surface area contributed by atoms with E-state index >= 15 is 0 Å². The molecule has 5 rings (SSSR count). The molecular formula is C34H32F3N3O3. The van der Waals surface area contributed by atoms with E-state index in [2.05, 4.69) is 15.1 Å². The van der Waals surface area contributed by atoms with E-state index in [0.29, 0.717) is 28.9 Å². The zero-order chi connectivity index (χ0) is 30.6. The first-order valence-electron chi connectivity index (χ1n) is 13.9. The summed E-state index contributed by atoms with van der Waals surface area (Å²) in [5, 5.41) is 2.90. The topological polar surface area (TPSA) is 61.9 Å². The summed E-state index contributed by atoms with van der Waals surface area (Å²) in [5.41, 5.74) is 3.12. The maximum Gasteiger partial charge on any atom is 0.416 e. The van der Waals surface area contributed by atoms with Crippen LogP contribution in [0.5, 0.6) is 0 Å². The number of nitrogens with one attached hydrogen (secondary N) is 1. The second kappa shape index (κ2) is 12.7. The summed E-state index contributed by atoms with van der Waals surface area (Å²) >= 11 is 0. The van der Waals surface area contributed by atoms with Crippen molar-refractivity contribution in [1.82, 2.24) is 4.90 Å². The molecule has 1 aliphatic rings. The Morgan fingerprint density at radius 3 is 2.21 bits per heavy atom. The Balaban J connectivity index is 1.25. The zero-order valence-electron chi connectivity index (χ0n) is 23.8. The number of amides is 1. The van der Waals surface area contributed by atoms with Gasteiger partial charge in [0, 0.05) is 43.1 Å². The smallest absolute Gasteiger partial charge is 0.416 e. The number of hydrogen-bond acceptors (Lipinski definition) is 5. The molecule has 1 amide bonds. The number of benzene rings is 4. The summed E-state index contributed by atoms with van der Waals surface area (Å²) in [5.74, 6) is -0.646. The average molecular weight is 588 g/mol. The molecule has 4 aromatic carbocycles. The molecule has 1 heterocycles. The van der Waals surface area contributed by atoms with Crippen LogP contribution in [0.3, 0.4) is 0 Å². The van der Waals surface area contributed by atoms with Gasteiger partial charge in [-0.15, -0.1) is 0 Å². The fourth-order valence-electron chi connectivity index (χ4n) is 5.52. The Bertz CT molecular complexity index is 1560. The zero-order valence-corrected chi connectivity index (χ0v) is 23.8. The quantitative estimate of drug-likeness (QED) is 0.224. The lowest BCUT2D eigenvalue weighted by Crippen LogP contribution is -2.38. The molecule has 0 bridgehead atoms. The maximum atomic E-state index is 13.2. The largest absolute Gasteiger partial charge is 0.468 e. The van der Waals surface area contributed by atoms with Gasteiger partial charge in [0.25, 0.3) is 5.91 Å². The number of carbonyl (C=O) groups excluding carboxylic acids is 2. The van der Waals surface area contributed by atoms with Crippen molar-refractivity contribution in [2.75, 3.05) is 37.5 Å². The summed E-state index contributed by atoms with van der Waals surface area (Å²) in [6.45, 7) is 1.43. The van der Waals surface area contributed by atoms with Crippen LogP contribution in [-0.2, 0) is 15.7 Å². The van der Waals surface area contributed by atoms with Crippen LogP contribution < -0.4 is 10.2 Å². The molecule has 6 nitrogen and oxygen atoms in total. The first kappa shape index (κ1) is 29.8. The monoisotopic (exact) mass is 587 g/mol. The van der Waals surface area contributed by atoms with E-state index in [-0.39, 0.29) is 17.9 Å². The van der Waals surface area contributed by atoms with Gasteiger partial charge in [-0.1, -0.05) is 60.7 Å². The normalized spacial score (nSPS) is 16.0. The first-order valence-corrected chi connectivity index (χ1v) is 13.9. The van der Waals surface area contributed by atoms with E-state index in [0.717, 1.165) is 36.3 Å². The van der Waals surface area contributed by atoms with Crippen LogP contribution in [0.25, 0.3) is 11.1 Å². The van der Waals surface area contributed by atoms with E-state index < -0.39 is 17.8 Å². The van der Waals surface area contributed by atoms with Crippen molar-refractivity contribution < 1.29 is 27.5 Å². The molecule has 1 N–H and O–H groups in total. The summed E-state index contributed by atoms with van der Waals surface area (Å²) in [4.78, 5) is 30.2. The molecule has 1 saturated heterocycles. The number of hydrogen-bond donors (Lipinski definition) is 1. The molecule has 2 unspecified atom stereocenters. The van der Waals surface area contributed by atoms with Crippen LogP contribution in [0, 0.1) is 0 Å². The van der Waals surface area contributed by atoms with Gasteiger partial charge in [0.05, 0.1) is 12.7 Å². The Morgan fingerprint density at radius 2 is 1.56 bits per heavy atom. The number of rotatable bonds is 8. The predicted molar refractivity (Wildman–Crippen MR) is 161 cm³/mol. The third-order valence-electron chi connectivity index (χ3n) is 7.87. The Hall–Kier alpha value is -4.63.